The maximum atomic E-state index is 11.0. The second-order valence-corrected chi connectivity index (χ2v) is 3.71. The maximum Gasteiger partial charge on any atom is 0.315 e. The van der Waals surface area contributed by atoms with Crippen LogP contribution in [0.4, 0.5) is 0 Å². The molecular formula is C9H9N3O2. The molecule has 0 radical (unpaired) electrons. The van der Waals surface area contributed by atoms with Crippen LogP contribution < -0.4 is 0 Å². The Bertz CT molecular complexity index is 478. The van der Waals surface area contributed by atoms with Gasteiger partial charge in [0.25, 0.3) is 0 Å². The van der Waals surface area contributed by atoms with E-state index in [2.05, 4.69) is 9.97 Å². The summed E-state index contributed by atoms with van der Waals surface area (Å²) in [6.45, 7) is 0. The molecule has 5 heteroatoms. The lowest BCUT2D eigenvalue weighted by atomic mass is 10.0. The van der Waals surface area contributed by atoms with Gasteiger partial charge in [0.1, 0.15) is 5.41 Å². The van der Waals surface area contributed by atoms with Crippen LogP contribution >= 0.6 is 0 Å². The Balaban J connectivity index is 2.14. The van der Waals surface area contributed by atoms with Crippen molar-refractivity contribution in [2.24, 2.45) is 0 Å². The molecule has 14 heavy (non-hydrogen) atoms. The molecule has 1 aliphatic rings. The summed E-state index contributed by atoms with van der Waals surface area (Å²) in [5.74, 6) is -0.0467. The molecule has 0 saturated heterocycles. The first-order valence-corrected chi connectivity index (χ1v) is 4.48. The molecule has 0 atom stereocenters. The van der Waals surface area contributed by atoms with Crippen molar-refractivity contribution in [2.45, 2.75) is 18.3 Å². The minimum absolute atomic E-state index is 0.666. The monoisotopic (exact) mass is 191 g/mol. The predicted molar refractivity (Wildman–Crippen MR) is 48.1 cm³/mol. The van der Waals surface area contributed by atoms with Crippen LogP contribution in [-0.2, 0) is 10.2 Å². The fourth-order valence-corrected chi connectivity index (χ4v) is 1.77. The highest BCUT2D eigenvalue weighted by atomic mass is 16.4. The van der Waals surface area contributed by atoms with Crippen molar-refractivity contribution < 1.29 is 9.90 Å². The first-order chi connectivity index (χ1) is 6.72. The van der Waals surface area contributed by atoms with Crippen molar-refractivity contribution in [1.82, 2.24) is 14.4 Å². The standard InChI is InChI=1S/C9H9N3O2/c13-7(14)9(1-2-9)6-5-12-4-3-10-8(12)11-6/h3-5H,1-2H2,(H,10,11)(H,13,14). The first-order valence-electron chi connectivity index (χ1n) is 4.48. The molecular weight excluding hydrogens is 182 g/mol. The highest BCUT2D eigenvalue weighted by molar-refractivity contribution is 5.84. The molecule has 2 aromatic heterocycles. The smallest absolute Gasteiger partial charge is 0.315 e. The molecule has 1 aliphatic carbocycles. The van der Waals surface area contributed by atoms with Crippen molar-refractivity contribution in [3.63, 3.8) is 0 Å². The number of hydrogen-bond donors (Lipinski definition) is 2. The van der Waals surface area contributed by atoms with Gasteiger partial charge in [-0.2, -0.15) is 0 Å². The van der Waals surface area contributed by atoms with Crippen molar-refractivity contribution in [2.75, 3.05) is 0 Å². The van der Waals surface area contributed by atoms with Gasteiger partial charge in [0.2, 0.25) is 5.78 Å². The molecule has 3 rings (SSSR count). The van der Waals surface area contributed by atoms with E-state index in [0.717, 1.165) is 5.69 Å². The van der Waals surface area contributed by atoms with Crippen molar-refractivity contribution in [3.05, 3.63) is 24.3 Å². The van der Waals surface area contributed by atoms with E-state index in [1.165, 1.54) is 0 Å². The minimum Gasteiger partial charge on any atom is -0.481 e. The van der Waals surface area contributed by atoms with Crippen LogP contribution in [0.3, 0.4) is 0 Å². The fraction of sp³-hybridized carbons (Fsp3) is 0.333. The van der Waals surface area contributed by atoms with Gasteiger partial charge >= 0.3 is 5.97 Å². The number of rotatable bonds is 2. The second kappa shape index (κ2) is 2.17. The van der Waals surface area contributed by atoms with Crippen LogP contribution in [0.2, 0.25) is 0 Å². The molecule has 0 unspecified atom stereocenters. The van der Waals surface area contributed by atoms with Crippen LogP contribution in [0.25, 0.3) is 5.78 Å². The van der Waals surface area contributed by atoms with Crippen LogP contribution in [0, 0.1) is 0 Å². The van der Waals surface area contributed by atoms with E-state index in [1.54, 1.807) is 16.8 Å². The van der Waals surface area contributed by atoms with Gasteiger partial charge in [0.15, 0.2) is 0 Å². The van der Waals surface area contributed by atoms with E-state index < -0.39 is 11.4 Å². The maximum absolute atomic E-state index is 11.0. The SMILES string of the molecule is O=C(O)C1(c2cn3ccnc3[nH]2)CC1. The third-order valence-electron chi connectivity index (χ3n) is 2.86. The van der Waals surface area contributed by atoms with Gasteiger partial charge in [-0.05, 0) is 12.8 Å². The molecule has 2 heterocycles. The molecule has 1 saturated carbocycles. The highest BCUT2D eigenvalue weighted by Crippen LogP contribution is 2.47. The zero-order valence-electron chi connectivity index (χ0n) is 7.40. The van der Waals surface area contributed by atoms with Gasteiger partial charge in [-0.25, -0.2) is 4.98 Å². The largest absolute Gasteiger partial charge is 0.481 e. The van der Waals surface area contributed by atoms with Gasteiger partial charge in [-0.3, -0.25) is 9.20 Å². The molecule has 0 bridgehead atoms. The topological polar surface area (TPSA) is 70.4 Å². The Morgan fingerprint density at radius 3 is 3.00 bits per heavy atom. The summed E-state index contributed by atoms with van der Waals surface area (Å²) in [7, 11) is 0. The summed E-state index contributed by atoms with van der Waals surface area (Å²) in [6, 6.07) is 0. The molecule has 5 nitrogen and oxygen atoms in total. The normalized spacial score (nSPS) is 18.6. The average Bonchev–Trinajstić information content (AvgIpc) is 2.67. The summed E-state index contributed by atoms with van der Waals surface area (Å²) in [4.78, 5) is 18.1. The molecule has 2 aromatic rings. The Labute approximate surface area is 79.4 Å². The molecule has 0 amide bonds. The predicted octanol–water partition coefficient (Wildman–Crippen LogP) is 0.779. The number of carbonyl (C=O) groups is 1. The van der Waals surface area contributed by atoms with Gasteiger partial charge in [-0.15, -0.1) is 0 Å². The number of fused-ring (bicyclic) bond motifs is 1. The van der Waals surface area contributed by atoms with Crippen LogP contribution in [0.1, 0.15) is 18.5 Å². The molecule has 0 aromatic carbocycles. The number of carboxylic acids is 1. The third kappa shape index (κ3) is 0.787. The minimum atomic E-state index is -0.748. The number of aromatic amines is 1. The summed E-state index contributed by atoms with van der Waals surface area (Å²) >= 11 is 0. The number of hydrogen-bond acceptors (Lipinski definition) is 2. The number of H-pyrrole nitrogens is 1. The molecule has 2 N–H and O–H groups in total. The molecule has 1 fully saturated rings. The van der Waals surface area contributed by atoms with E-state index in [4.69, 9.17) is 5.11 Å². The van der Waals surface area contributed by atoms with E-state index in [0.29, 0.717) is 18.6 Å². The van der Waals surface area contributed by atoms with E-state index in [1.807, 2.05) is 6.20 Å². The van der Waals surface area contributed by atoms with Gasteiger partial charge in [-0.1, -0.05) is 0 Å². The number of aromatic nitrogens is 3. The highest BCUT2D eigenvalue weighted by Gasteiger charge is 2.53. The Morgan fingerprint density at radius 1 is 1.64 bits per heavy atom. The fourth-order valence-electron chi connectivity index (χ4n) is 1.77. The summed E-state index contributed by atoms with van der Waals surface area (Å²) < 4.78 is 1.80. The van der Waals surface area contributed by atoms with E-state index in [-0.39, 0.29) is 0 Å². The second-order valence-electron chi connectivity index (χ2n) is 3.71. The molecule has 0 spiro atoms. The first kappa shape index (κ1) is 7.61. The van der Waals surface area contributed by atoms with Gasteiger partial charge < -0.3 is 10.1 Å². The Morgan fingerprint density at radius 2 is 2.43 bits per heavy atom. The quantitative estimate of drug-likeness (QED) is 0.736. The zero-order valence-corrected chi connectivity index (χ0v) is 7.40. The number of carboxylic acid groups (broad SMARTS) is 1. The van der Waals surface area contributed by atoms with Gasteiger partial charge in [0, 0.05) is 18.6 Å². The number of imidazole rings is 2. The molecule has 72 valence electrons. The van der Waals surface area contributed by atoms with Crippen molar-refractivity contribution in [3.8, 4) is 0 Å². The van der Waals surface area contributed by atoms with E-state index >= 15 is 0 Å². The van der Waals surface area contributed by atoms with Crippen LogP contribution in [0.5, 0.6) is 0 Å². The Hall–Kier alpha value is -1.78. The lowest BCUT2D eigenvalue weighted by Gasteiger charge is -2.04. The summed E-state index contributed by atoms with van der Waals surface area (Å²) in [5.41, 5.74) is 0.0915. The van der Waals surface area contributed by atoms with E-state index in [9.17, 15) is 4.79 Å². The summed E-state index contributed by atoms with van der Waals surface area (Å²) in [6.07, 6.45) is 6.71. The number of nitrogens with one attached hydrogen (secondary N) is 1. The van der Waals surface area contributed by atoms with Crippen LogP contribution in [0.15, 0.2) is 18.6 Å². The van der Waals surface area contributed by atoms with Crippen molar-refractivity contribution in [1.29, 1.82) is 0 Å². The lowest BCUT2D eigenvalue weighted by Crippen LogP contribution is -2.19. The number of aliphatic carboxylic acids is 1. The summed E-state index contributed by atoms with van der Waals surface area (Å²) in [5, 5.41) is 9.07. The molecule has 0 aliphatic heterocycles. The van der Waals surface area contributed by atoms with Crippen LogP contribution in [-0.4, -0.2) is 25.4 Å². The van der Waals surface area contributed by atoms with Gasteiger partial charge in [0.05, 0.1) is 5.69 Å². The average molecular weight is 191 g/mol. The third-order valence-corrected chi connectivity index (χ3v) is 2.86. The number of nitrogens with zero attached hydrogens (tertiary/aromatic N) is 2. The Kier molecular flexibility index (Phi) is 1.18. The zero-order chi connectivity index (χ0) is 9.76. The van der Waals surface area contributed by atoms with Crippen molar-refractivity contribution >= 4 is 11.7 Å². The lowest BCUT2D eigenvalue weighted by molar-refractivity contribution is -0.140.